The quantitative estimate of drug-likeness (QED) is 0.467. The minimum Gasteiger partial charge on any atom is -0.362 e. The van der Waals surface area contributed by atoms with Crippen LogP contribution in [0.4, 0.5) is 18.9 Å². The van der Waals surface area contributed by atoms with E-state index in [4.69, 9.17) is 11.6 Å². The first-order valence-electron chi connectivity index (χ1n) is 13.6. The first-order valence-corrected chi connectivity index (χ1v) is 15.5. The van der Waals surface area contributed by atoms with Crippen LogP contribution >= 0.6 is 11.6 Å². The number of hydrogen-bond donors (Lipinski definition) is 1. The van der Waals surface area contributed by atoms with Crippen molar-refractivity contribution in [3.63, 3.8) is 0 Å². The van der Waals surface area contributed by atoms with Crippen molar-refractivity contribution in [2.75, 3.05) is 25.0 Å². The van der Waals surface area contributed by atoms with Gasteiger partial charge in [-0.05, 0) is 50.3 Å². The molecule has 4 aliphatic rings. The lowest BCUT2D eigenvalue weighted by molar-refractivity contribution is -0.199. The molecule has 2 unspecified atom stereocenters. The van der Waals surface area contributed by atoms with Gasteiger partial charge in [-0.3, -0.25) is 14.6 Å². The van der Waals surface area contributed by atoms with Gasteiger partial charge in [0.05, 0.1) is 27.3 Å². The molecule has 2 amide bonds. The molecule has 226 valence electrons. The Hall–Kier alpha value is -3.20. The van der Waals surface area contributed by atoms with E-state index in [1.807, 2.05) is 9.47 Å². The highest BCUT2D eigenvalue weighted by atomic mass is 35.5. The Kier molecular flexibility index (Phi) is 6.83. The van der Waals surface area contributed by atoms with E-state index in [-0.39, 0.29) is 16.3 Å². The molecule has 1 saturated heterocycles. The molecule has 2 aromatic rings. The largest absolute Gasteiger partial charge is 0.403 e. The number of nitrogens with zero attached hydrogens (tertiary/aromatic N) is 6. The Morgan fingerprint density at radius 1 is 1.19 bits per heavy atom. The van der Waals surface area contributed by atoms with E-state index >= 15 is 0 Å². The number of halogens is 4. The molecular formula is C26H29ClF3N7O4S. The first kappa shape index (κ1) is 28.9. The maximum Gasteiger partial charge on any atom is 0.403 e. The Balaban J connectivity index is 1.26. The maximum absolute atomic E-state index is 13.9. The number of amides is 2. The van der Waals surface area contributed by atoms with Gasteiger partial charge in [-0.25, -0.2) is 8.42 Å². The Bertz CT molecular complexity index is 1570. The van der Waals surface area contributed by atoms with E-state index in [1.54, 1.807) is 18.6 Å². The number of hydrogen-bond acceptors (Lipinski definition) is 8. The summed E-state index contributed by atoms with van der Waals surface area (Å²) in [6.07, 6.45) is -1.60. The molecule has 2 saturated carbocycles. The smallest absolute Gasteiger partial charge is 0.362 e. The normalized spacial score (nSPS) is 24.5. The molecule has 0 radical (unpaired) electrons. The number of benzene rings is 1. The van der Waals surface area contributed by atoms with Gasteiger partial charge in [0.1, 0.15) is 17.8 Å². The van der Waals surface area contributed by atoms with Crippen LogP contribution < -0.4 is 10.2 Å². The second-order valence-corrected chi connectivity index (χ2v) is 14.1. The van der Waals surface area contributed by atoms with Gasteiger partial charge in [-0.2, -0.15) is 13.2 Å². The van der Waals surface area contributed by atoms with Crippen molar-refractivity contribution < 1.29 is 31.2 Å². The van der Waals surface area contributed by atoms with Crippen LogP contribution in [-0.4, -0.2) is 89.3 Å². The van der Waals surface area contributed by atoms with Crippen LogP contribution in [0.15, 0.2) is 34.4 Å². The molecule has 3 heterocycles. The van der Waals surface area contributed by atoms with Crippen LogP contribution in [0.3, 0.4) is 0 Å². The maximum atomic E-state index is 13.9. The number of rotatable bonds is 7. The van der Waals surface area contributed by atoms with Crippen molar-refractivity contribution in [3.05, 3.63) is 35.4 Å². The zero-order valence-electron chi connectivity index (χ0n) is 22.6. The van der Waals surface area contributed by atoms with Gasteiger partial charge >= 0.3 is 6.18 Å². The summed E-state index contributed by atoms with van der Waals surface area (Å²) in [5, 5.41) is 9.37. The summed E-state index contributed by atoms with van der Waals surface area (Å²) < 4.78 is 71.3. The molecule has 0 bridgehead atoms. The summed E-state index contributed by atoms with van der Waals surface area (Å²) in [7, 11) is -2.71. The lowest BCUT2D eigenvalue weighted by Gasteiger charge is -2.30. The average Bonchev–Trinajstić information content (AvgIpc) is 3.79. The molecular weight excluding hydrogens is 599 g/mol. The van der Waals surface area contributed by atoms with Gasteiger partial charge in [-0.1, -0.05) is 11.6 Å². The van der Waals surface area contributed by atoms with E-state index < -0.39 is 69.5 Å². The number of carbonyl (C=O) groups excluding carboxylic acids is 2. The number of sulfone groups is 1. The van der Waals surface area contributed by atoms with Crippen molar-refractivity contribution in [2.24, 2.45) is 10.4 Å². The van der Waals surface area contributed by atoms with Gasteiger partial charge in [-0.15, -0.1) is 10.2 Å². The van der Waals surface area contributed by atoms with E-state index in [0.717, 1.165) is 10.7 Å². The van der Waals surface area contributed by atoms with Crippen LogP contribution in [-0.2, 0) is 32.5 Å². The number of alkyl halides is 3. The number of carbonyl (C=O) groups is 2. The lowest BCUT2D eigenvalue weighted by atomic mass is 10.0. The molecule has 3 fully saturated rings. The van der Waals surface area contributed by atoms with Gasteiger partial charge in [0, 0.05) is 38.6 Å². The minimum atomic E-state index is -4.81. The molecule has 2 aliphatic carbocycles. The highest BCUT2D eigenvalue weighted by Crippen LogP contribution is 2.59. The second kappa shape index (κ2) is 9.93. The predicted molar refractivity (Wildman–Crippen MR) is 146 cm³/mol. The fourth-order valence-electron chi connectivity index (χ4n) is 5.89. The standard InChI is InChI=1S/C26H29ClF3N7O4S/c1-31-14-24(4-5-24)33-22(38)19-11-17(12-37(19)23(39)25(6-7-25)26(28,29)30)42(40,41)20-3-2-16(10-18(20)27)35-8-9-36-15-32-34-21(36)13-35/h2-3,10,14-15,17,19H,4-9,11-13H2,1H3,(H,33,38). The summed E-state index contributed by atoms with van der Waals surface area (Å²) in [4.78, 5) is 33.2. The molecule has 16 heteroatoms. The fourth-order valence-corrected chi connectivity index (χ4v) is 8.13. The monoisotopic (exact) mass is 627 g/mol. The molecule has 2 aliphatic heterocycles. The molecule has 42 heavy (non-hydrogen) atoms. The third kappa shape index (κ3) is 4.83. The van der Waals surface area contributed by atoms with Crippen LogP contribution in [0.5, 0.6) is 0 Å². The van der Waals surface area contributed by atoms with Crippen molar-refractivity contribution in [1.82, 2.24) is 25.0 Å². The first-order chi connectivity index (χ1) is 19.8. The summed E-state index contributed by atoms with van der Waals surface area (Å²) in [6, 6.07) is 3.10. The molecule has 2 atom stereocenters. The minimum absolute atomic E-state index is 0.0598. The summed E-state index contributed by atoms with van der Waals surface area (Å²) in [5.74, 6) is -1.21. The third-order valence-electron chi connectivity index (χ3n) is 8.73. The summed E-state index contributed by atoms with van der Waals surface area (Å²) in [6.45, 7) is 1.16. The highest BCUT2D eigenvalue weighted by molar-refractivity contribution is 7.92. The topological polar surface area (TPSA) is 130 Å². The Labute approximate surface area is 245 Å². The third-order valence-corrected chi connectivity index (χ3v) is 11.3. The number of aromatic nitrogens is 3. The van der Waals surface area contributed by atoms with Crippen molar-refractivity contribution >= 4 is 45.2 Å². The van der Waals surface area contributed by atoms with Gasteiger partial charge < -0.3 is 19.7 Å². The number of anilines is 1. The van der Waals surface area contributed by atoms with Gasteiger partial charge in [0.2, 0.25) is 11.8 Å². The molecule has 1 aromatic carbocycles. The van der Waals surface area contributed by atoms with Crippen molar-refractivity contribution in [3.8, 4) is 0 Å². The Morgan fingerprint density at radius 2 is 1.93 bits per heavy atom. The zero-order chi connectivity index (χ0) is 30.1. The Morgan fingerprint density at radius 3 is 2.55 bits per heavy atom. The molecule has 11 nitrogen and oxygen atoms in total. The number of aliphatic imine (C=N–C) groups is 1. The lowest BCUT2D eigenvalue weighted by Crippen LogP contribution is -2.53. The van der Waals surface area contributed by atoms with Crippen molar-refractivity contribution in [1.29, 1.82) is 0 Å². The molecule has 0 spiro atoms. The summed E-state index contributed by atoms with van der Waals surface area (Å²) >= 11 is 6.50. The summed E-state index contributed by atoms with van der Waals surface area (Å²) in [5.41, 5.74) is -2.66. The van der Waals surface area contributed by atoms with E-state index in [9.17, 15) is 31.2 Å². The van der Waals surface area contributed by atoms with E-state index in [2.05, 4.69) is 20.5 Å². The number of fused-ring (bicyclic) bond motifs is 1. The van der Waals surface area contributed by atoms with Crippen LogP contribution in [0.25, 0.3) is 0 Å². The SMILES string of the molecule is CN=CC1(NC(=O)C2CC(S(=O)(=O)c3ccc(N4CCn5cnnc5C4)cc3Cl)CN2C(=O)C2(C(F)(F)F)CC2)CC1. The number of likely N-dealkylation sites (tertiary alicyclic amines) is 1. The average molecular weight is 628 g/mol. The van der Waals surface area contributed by atoms with E-state index in [0.29, 0.717) is 38.2 Å². The van der Waals surface area contributed by atoms with Gasteiger partial charge in [0.25, 0.3) is 0 Å². The van der Waals surface area contributed by atoms with Crippen molar-refractivity contribution in [2.45, 2.75) is 73.1 Å². The molecule has 1 aromatic heterocycles. The van der Waals surface area contributed by atoms with Crippen LogP contribution in [0, 0.1) is 5.41 Å². The molecule has 6 rings (SSSR count). The fraction of sp³-hybridized carbons (Fsp3) is 0.577. The highest BCUT2D eigenvalue weighted by Gasteiger charge is 2.70. The van der Waals surface area contributed by atoms with Gasteiger partial charge in [0.15, 0.2) is 15.7 Å². The van der Waals surface area contributed by atoms with Crippen LogP contribution in [0.1, 0.15) is 37.9 Å². The predicted octanol–water partition coefficient (Wildman–Crippen LogP) is 2.39. The second-order valence-electron chi connectivity index (χ2n) is 11.5. The number of nitrogens with one attached hydrogen (secondary N) is 1. The molecule has 1 N–H and O–H groups in total. The zero-order valence-corrected chi connectivity index (χ0v) is 24.2. The van der Waals surface area contributed by atoms with E-state index in [1.165, 1.54) is 19.2 Å². The van der Waals surface area contributed by atoms with Crippen LogP contribution in [0.2, 0.25) is 5.02 Å².